The highest BCUT2D eigenvalue weighted by molar-refractivity contribution is 5.89. The van der Waals surface area contributed by atoms with Crippen molar-refractivity contribution < 1.29 is 4.79 Å². The number of carbonyl (C=O) groups is 1. The highest BCUT2D eigenvalue weighted by Gasteiger charge is 2.69. The molecule has 1 heteroatoms. The van der Waals surface area contributed by atoms with E-state index in [0.717, 1.165) is 19.3 Å². The van der Waals surface area contributed by atoms with Crippen LogP contribution in [-0.2, 0) is 4.79 Å². The van der Waals surface area contributed by atoms with Gasteiger partial charge in [0.2, 0.25) is 0 Å². The molecule has 0 aromatic rings. The fraction of sp³-hybridized carbons (Fsp3) is 0.727. The lowest BCUT2D eigenvalue weighted by Gasteiger charge is -2.12. The van der Waals surface area contributed by atoms with Crippen LogP contribution in [0, 0.1) is 17.3 Å². The Balaban J connectivity index is 2.28. The molecule has 0 aliphatic heterocycles. The molecule has 3 atom stereocenters. The quantitative estimate of drug-likeness (QED) is 0.573. The smallest absolute Gasteiger partial charge is 0.137 e. The largest absolute Gasteiger partial charge is 0.299 e. The average Bonchev–Trinajstić information content (AvgIpc) is 2.59. The van der Waals surface area contributed by atoms with Gasteiger partial charge in [-0.2, -0.15) is 0 Å². The standard InChI is InChI=1S/C11H16O/c1-4-8-10-9(12)5-6-11(8,10)7(2)3/h8,10H,2,4-6H2,1,3H3/t8?,10-,11+/m0/s1. The summed E-state index contributed by atoms with van der Waals surface area (Å²) in [4.78, 5) is 11.5. The summed E-state index contributed by atoms with van der Waals surface area (Å²) in [5, 5.41) is 0. The third-order valence-corrected chi connectivity index (χ3v) is 3.88. The number of carbonyl (C=O) groups excluding carboxylic acids is 1. The molecule has 66 valence electrons. The maximum absolute atomic E-state index is 11.5. The van der Waals surface area contributed by atoms with Crippen LogP contribution in [0.1, 0.15) is 33.1 Å². The lowest BCUT2D eigenvalue weighted by molar-refractivity contribution is -0.119. The van der Waals surface area contributed by atoms with E-state index in [1.807, 2.05) is 0 Å². The Morgan fingerprint density at radius 3 is 2.75 bits per heavy atom. The van der Waals surface area contributed by atoms with Crippen LogP contribution in [0.5, 0.6) is 0 Å². The van der Waals surface area contributed by atoms with E-state index in [4.69, 9.17) is 0 Å². The summed E-state index contributed by atoms with van der Waals surface area (Å²) in [7, 11) is 0. The molecule has 0 amide bonds. The molecule has 0 aromatic heterocycles. The number of rotatable bonds is 2. The molecule has 2 aliphatic rings. The fourth-order valence-electron chi connectivity index (χ4n) is 3.25. The first-order valence-electron chi connectivity index (χ1n) is 4.83. The number of hydrogen-bond acceptors (Lipinski definition) is 1. The number of fused-ring (bicyclic) bond motifs is 1. The molecule has 2 rings (SSSR count). The molecule has 0 bridgehead atoms. The summed E-state index contributed by atoms with van der Waals surface area (Å²) in [5.74, 6) is 1.49. The van der Waals surface area contributed by atoms with Crippen molar-refractivity contribution in [2.75, 3.05) is 0 Å². The van der Waals surface area contributed by atoms with Crippen LogP contribution in [0.25, 0.3) is 0 Å². The van der Waals surface area contributed by atoms with Gasteiger partial charge >= 0.3 is 0 Å². The van der Waals surface area contributed by atoms with Crippen molar-refractivity contribution in [2.24, 2.45) is 17.3 Å². The minimum Gasteiger partial charge on any atom is -0.299 e. The number of allylic oxidation sites excluding steroid dienone is 1. The van der Waals surface area contributed by atoms with E-state index in [1.165, 1.54) is 5.57 Å². The van der Waals surface area contributed by atoms with Gasteiger partial charge in [0.15, 0.2) is 0 Å². The van der Waals surface area contributed by atoms with Crippen LogP contribution in [-0.4, -0.2) is 5.78 Å². The van der Waals surface area contributed by atoms with E-state index < -0.39 is 0 Å². The van der Waals surface area contributed by atoms with E-state index >= 15 is 0 Å². The van der Waals surface area contributed by atoms with Crippen molar-refractivity contribution in [2.45, 2.75) is 33.1 Å². The summed E-state index contributed by atoms with van der Waals surface area (Å²) in [5.41, 5.74) is 1.50. The number of ketones is 1. The molecule has 1 unspecified atom stereocenters. The molecular weight excluding hydrogens is 148 g/mol. The minimum absolute atomic E-state index is 0.256. The lowest BCUT2D eigenvalue weighted by atomic mass is 9.92. The predicted octanol–water partition coefficient (Wildman–Crippen LogP) is 2.57. The van der Waals surface area contributed by atoms with Crippen molar-refractivity contribution >= 4 is 5.78 Å². The van der Waals surface area contributed by atoms with Gasteiger partial charge in [0.05, 0.1) is 0 Å². The first kappa shape index (κ1) is 8.03. The molecular formula is C11H16O. The van der Waals surface area contributed by atoms with Crippen LogP contribution >= 0.6 is 0 Å². The van der Waals surface area contributed by atoms with E-state index in [9.17, 15) is 4.79 Å². The molecule has 2 fully saturated rings. The maximum atomic E-state index is 11.5. The minimum atomic E-state index is 0.256. The van der Waals surface area contributed by atoms with Gasteiger partial charge in [-0.15, -0.1) is 0 Å². The van der Waals surface area contributed by atoms with E-state index in [-0.39, 0.29) is 5.41 Å². The van der Waals surface area contributed by atoms with Crippen LogP contribution < -0.4 is 0 Å². The fourth-order valence-corrected chi connectivity index (χ4v) is 3.25. The third-order valence-electron chi connectivity index (χ3n) is 3.88. The molecule has 0 spiro atoms. The molecule has 0 radical (unpaired) electrons. The Morgan fingerprint density at radius 1 is 1.75 bits per heavy atom. The first-order valence-corrected chi connectivity index (χ1v) is 4.83. The van der Waals surface area contributed by atoms with Gasteiger partial charge in [0.1, 0.15) is 5.78 Å². The van der Waals surface area contributed by atoms with Crippen molar-refractivity contribution in [3.8, 4) is 0 Å². The third kappa shape index (κ3) is 0.675. The Labute approximate surface area is 73.8 Å². The Hall–Kier alpha value is -0.590. The zero-order valence-corrected chi connectivity index (χ0v) is 7.89. The van der Waals surface area contributed by atoms with Crippen molar-refractivity contribution in [3.63, 3.8) is 0 Å². The van der Waals surface area contributed by atoms with E-state index in [2.05, 4.69) is 20.4 Å². The summed E-state index contributed by atoms with van der Waals surface area (Å²) in [6, 6.07) is 0. The summed E-state index contributed by atoms with van der Waals surface area (Å²) in [6.45, 7) is 8.30. The molecule has 0 aromatic carbocycles. The summed E-state index contributed by atoms with van der Waals surface area (Å²) in [6.07, 6.45) is 3.02. The van der Waals surface area contributed by atoms with Crippen LogP contribution in [0.3, 0.4) is 0 Å². The van der Waals surface area contributed by atoms with Crippen LogP contribution in [0.4, 0.5) is 0 Å². The highest BCUT2D eigenvalue weighted by Crippen LogP contribution is 2.71. The first-order chi connectivity index (χ1) is 5.64. The van der Waals surface area contributed by atoms with Gasteiger partial charge in [0, 0.05) is 17.8 Å². The summed E-state index contributed by atoms with van der Waals surface area (Å²) >= 11 is 0. The SMILES string of the molecule is C=C(C)[C@@]12CCC(=O)[C@@H]1C2CC. The zero-order chi connectivity index (χ0) is 8.93. The highest BCUT2D eigenvalue weighted by atomic mass is 16.1. The molecule has 0 saturated heterocycles. The maximum Gasteiger partial charge on any atom is 0.137 e. The number of hydrogen-bond donors (Lipinski definition) is 0. The van der Waals surface area contributed by atoms with Gasteiger partial charge in [-0.05, 0) is 19.3 Å². The van der Waals surface area contributed by atoms with Crippen molar-refractivity contribution in [3.05, 3.63) is 12.2 Å². The normalized spacial score (nSPS) is 44.3. The van der Waals surface area contributed by atoms with Gasteiger partial charge in [0.25, 0.3) is 0 Å². The van der Waals surface area contributed by atoms with E-state index in [1.54, 1.807) is 0 Å². The topological polar surface area (TPSA) is 17.1 Å². The van der Waals surface area contributed by atoms with Gasteiger partial charge in [-0.25, -0.2) is 0 Å². The van der Waals surface area contributed by atoms with Gasteiger partial charge in [-0.3, -0.25) is 4.79 Å². The van der Waals surface area contributed by atoms with Crippen LogP contribution in [0.15, 0.2) is 12.2 Å². The zero-order valence-electron chi connectivity index (χ0n) is 7.89. The molecule has 0 heterocycles. The second-order valence-electron chi connectivity index (χ2n) is 4.28. The summed E-state index contributed by atoms with van der Waals surface area (Å²) < 4.78 is 0. The van der Waals surface area contributed by atoms with E-state index in [0.29, 0.717) is 17.6 Å². The molecule has 12 heavy (non-hydrogen) atoms. The lowest BCUT2D eigenvalue weighted by Crippen LogP contribution is -2.03. The van der Waals surface area contributed by atoms with Gasteiger partial charge < -0.3 is 0 Å². The van der Waals surface area contributed by atoms with Crippen LogP contribution in [0.2, 0.25) is 0 Å². The number of Topliss-reactive ketones (excluding diaryl/α,β-unsaturated/α-hetero) is 1. The molecule has 0 N–H and O–H groups in total. The Bertz CT molecular complexity index is 254. The monoisotopic (exact) mass is 164 g/mol. The molecule has 1 nitrogen and oxygen atoms in total. The van der Waals surface area contributed by atoms with Crippen molar-refractivity contribution in [1.29, 1.82) is 0 Å². The molecule has 2 saturated carbocycles. The molecule has 2 aliphatic carbocycles. The Morgan fingerprint density at radius 2 is 2.42 bits per heavy atom. The van der Waals surface area contributed by atoms with Crippen molar-refractivity contribution in [1.82, 2.24) is 0 Å². The second-order valence-corrected chi connectivity index (χ2v) is 4.28. The van der Waals surface area contributed by atoms with Gasteiger partial charge in [-0.1, -0.05) is 25.5 Å². The Kier molecular flexibility index (Phi) is 1.48. The predicted molar refractivity (Wildman–Crippen MR) is 48.8 cm³/mol. The average molecular weight is 164 g/mol. The second kappa shape index (κ2) is 2.21.